The van der Waals surface area contributed by atoms with Crippen LogP contribution in [-0.4, -0.2) is 62.2 Å². The number of carbonyl (C=O) groups is 1. The van der Waals surface area contributed by atoms with Crippen LogP contribution in [-0.2, 0) is 11.2 Å². The Bertz CT molecular complexity index is 690. The molecule has 6 heteroatoms. The Hall–Kier alpha value is -2.10. The highest BCUT2D eigenvalue weighted by Gasteiger charge is 2.31. The molecular formula is C22H33N5O. The quantitative estimate of drug-likeness (QED) is 0.811. The Balaban J connectivity index is 1.55. The minimum Gasteiger partial charge on any atom is -0.369 e. The minimum atomic E-state index is -0.506. The molecule has 6 nitrogen and oxygen atoms in total. The smallest absolute Gasteiger partial charge is 0.238 e. The standard InChI is InChI=1S/C22H33N5O/c1-16-4-5-17(2)24-21(16)22(28)25-19(15-23)14-18-6-8-20(9-7-18)27-12-10-26(3)11-13-27/h6-9,16-17,19,21,24H,4-5,10-14H2,1-3H3,(H,25,28)/t16-,17+,19+,21+/m1/s1. The maximum absolute atomic E-state index is 12.7. The van der Waals surface area contributed by atoms with Gasteiger partial charge in [0.2, 0.25) is 5.91 Å². The Morgan fingerprint density at radius 1 is 1.21 bits per heavy atom. The number of likely N-dealkylation sites (N-methyl/N-ethyl adjacent to an activating group) is 1. The molecule has 2 N–H and O–H groups in total. The van der Waals surface area contributed by atoms with Crippen LogP contribution in [0.15, 0.2) is 24.3 Å². The molecule has 152 valence electrons. The molecule has 0 unspecified atom stereocenters. The molecule has 0 bridgehead atoms. The number of piperazine rings is 1. The van der Waals surface area contributed by atoms with Gasteiger partial charge in [0, 0.05) is 44.3 Å². The first-order valence-electron chi connectivity index (χ1n) is 10.4. The molecule has 4 atom stereocenters. The lowest BCUT2D eigenvalue weighted by molar-refractivity contribution is -0.125. The molecule has 0 radical (unpaired) electrons. The summed E-state index contributed by atoms with van der Waals surface area (Å²) in [5.41, 5.74) is 2.30. The van der Waals surface area contributed by atoms with E-state index < -0.39 is 6.04 Å². The van der Waals surface area contributed by atoms with Crippen LogP contribution in [0, 0.1) is 17.2 Å². The van der Waals surface area contributed by atoms with Gasteiger partial charge in [0.05, 0.1) is 12.1 Å². The summed E-state index contributed by atoms with van der Waals surface area (Å²) in [6.07, 6.45) is 2.66. The summed E-state index contributed by atoms with van der Waals surface area (Å²) in [7, 11) is 2.15. The van der Waals surface area contributed by atoms with Gasteiger partial charge >= 0.3 is 0 Å². The van der Waals surface area contributed by atoms with E-state index in [9.17, 15) is 10.1 Å². The van der Waals surface area contributed by atoms with Crippen LogP contribution in [0.1, 0.15) is 32.3 Å². The van der Waals surface area contributed by atoms with Gasteiger partial charge in [-0.05, 0) is 50.4 Å². The van der Waals surface area contributed by atoms with Gasteiger partial charge < -0.3 is 20.4 Å². The number of carbonyl (C=O) groups excluding carboxylic acids is 1. The number of hydrogen-bond donors (Lipinski definition) is 2. The van der Waals surface area contributed by atoms with Gasteiger partial charge in [-0.2, -0.15) is 5.26 Å². The monoisotopic (exact) mass is 383 g/mol. The van der Waals surface area contributed by atoms with Gasteiger partial charge in [-0.15, -0.1) is 0 Å². The van der Waals surface area contributed by atoms with Crippen molar-refractivity contribution in [2.45, 2.75) is 51.2 Å². The molecule has 28 heavy (non-hydrogen) atoms. The number of benzene rings is 1. The van der Waals surface area contributed by atoms with Crippen LogP contribution >= 0.6 is 0 Å². The molecule has 0 spiro atoms. The van der Waals surface area contributed by atoms with E-state index in [4.69, 9.17) is 0 Å². The fourth-order valence-electron chi connectivity index (χ4n) is 4.10. The van der Waals surface area contributed by atoms with Crippen molar-refractivity contribution in [3.63, 3.8) is 0 Å². The summed E-state index contributed by atoms with van der Waals surface area (Å²) in [5.74, 6) is 0.234. The third-order valence-corrected chi connectivity index (χ3v) is 6.09. The predicted octanol–water partition coefficient (Wildman–Crippen LogP) is 1.77. The Labute approximate surface area is 168 Å². The van der Waals surface area contributed by atoms with Crippen molar-refractivity contribution in [3.8, 4) is 6.07 Å². The molecule has 0 aromatic heterocycles. The molecular weight excluding hydrogens is 350 g/mol. The fourth-order valence-corrected chi connectivity index (χ4v) is 4.10. The largest absolute Gasteiger partial charge is 0.369 e. The summed E-state index contributed by atoms with van der Waals surface area (Å²) >= 11 is 0. The minimum absolute atomic E-state index is 0.0559. The molecule has 2 aliphatic heterocycles. The Morgan fingerprint density at radius 3 is 2.54 bits per heavy atom. The molecule has 3 rings (SSSR count). The van der Waals surface area contributed by atoms with E-state index in [1.54, 1.807) is 0 Å². The normalized spacial score (nSPS) is 27.1. The predicted molar refractivity (Wildman–Crippen MR) is 112 cm³/mol. The molecule has 0 saturated carbocycles. The van der Waals surface area contributed by atoms with E-state index in [1.165, 1.54) is 5.69 Å². The van der Waals surface area contributed by atoms with Gasteiger partial charge in [0.15, 0.2) is 0 Å². The zero-order chi connectivity index (χ0) is 20.1. The van der Waals surface area contributed by atoms with Crippen molar-refractivity contribution in [2.75, 3.05) is 38.1 Å². The first kappa shape index (κ1) is 20.6. The van der Waals surface area contributed by atoms with E-state index in [-0.39, 0.29) is 11.9 Å². The van der Waals surface area contributed by atoms with Crippen LogP contribution in [0.2, 0.25) is 0 Å². The first-order valence-corrected chi connectivity index (χ1v) is 10.4. The van der Waals surface area contributed by atoms with Crippen LogP contribution in [0.25, 0.3) is 0 Å². The average molecular weight is 384 g/mol. The lowest BCUT2D eigenvalue weighted by Gasteiger charge is -2.34. The van der Waals surface area contributed by atoms with Crippen molar-refractivity contribution in [3.05, 3.63) is 29.8 Å². The van der Waals surface area contributed by atoms with E-state index in [1.807, 2.05) is 0 Å². The number of nitrogens with zero attached hydrogens (tertiary/aromatic N) is 3. The second-order valence-corrected chi connectivity index (χ2v) is 8.45. The van der Waals surface area contributed by atoms with E-state index in [2.05, 4.69) is 71.7 Å². The highest BCUT2D eigenvalue weighted by Crippen LogP contribution is 2.20. The lowest BCUT2D eigenvalue weighted by atomic mass is 9.88. The zero-order valence-corrected chi connectivity index (χ0v) is 17.3. The molecule has 2 fully saturated rings. The van der Waals surface area contributed by atoms with Crippen LogP contribution < -0.4 is 15.5 Å². The highest BCUT2D eigenvalue weighted by atomic mass is 16.2. The summed E-state index contributed by atoms with van der Waals surface area (Å²) in [4.78, 5) is 17.4. The van der Waals surface area contributed by atoms with Crippen LogP contribution in [0.4, 0.5) is 5.69 Å². The Kier molecular flexibility index (Phi) is 6.93. The third-order valence-electron chi connectivity index (χ3n) is 6.09. The van der Waals surface area contributed by atoms with Crippen LogP contribution in [0.5, 0.6) is 0 Å². The second-order valence-electron chi connectivity index (χ2n) is 8.45. The van der Waals surface area contributed by atoms with E-state index >= 15 is 0 Å². The SMILES string of the molecule is C[C@@H]1CC[C@H](C)N[C@@H]1C(=O)N[C@H](C#N)Cc1ccc(N2CCN(C)CC2)cc1. The Morgan fingerprint density at radius 2 is 1.89 bits per heavy atom. The number of nitrogens with one attached hydrogen (secondary N) is 2. The highest BCUT2D eigenvalue weighted by molar-refractivity contribution is 5.82. The van der Waals surface area contributed by atoms with Crippen molar-refractivity contribution >= 4 is 11.6 Å². The number of hydrogen-bond acceptors (Lipinski definition) is 5. The van der Waals surface area contributed by atoms with Gasteiger partial charge in [-0.1, -0.05) is 19.1 Å². The summed E-state index contributed by atoms with van der Waals surface area (Å²) in [6, 6.07) is 10.3. The van der Waals surface area contributed by atoms with Crippen molar-refractivity contribution < 1.29 is 4.79 Å². The fraction of sp³-hybridized carbons (Fsp3) is 0.636. The average Bonchev–Trinajstić information content (AvgIpc) is 2.70. The molecule has 2 aliphatic rings. The van der Waals surface area contributed by atoms with Gasteiger partial charge in [0.1, 0.15) is 6.04 Å². The van der Waals surface area contributed by atoms with Crippen molar-refractivity contribution in [1.29, 1.82) is 5.26 Å². The summed E-state index contributed by atoms with van der Waals surface area (Å²) in [5, 5.41) is 15.9. The number of piperidine rings is 1. The van der Waals surface area contributed by atoms with E-state index in [0.29, 0.717) is 18.4 Å². The molecule has 1 aromatic carbocycles. The number of rotatable bonds is 5. The number of anilines is 1. The molecule has 0 aliphatic carbocycles. The van der Waals surface area contributed by atoms with Crippen LogP contribution in [0.3, 0.4) is 0 Å². The molecule has 2 saturated heterocycles. The number of amides is 1. The topological polar surface area (TPSA) is 71.4 Å². The number of nitriles is 1. The second kappa shape index (κ2) is 9.40. The third kappa shape index (κ3) is 5.24. The lowest BCUT2D eigenvalue weighted by Crippen LogP contribution is -2.55. The molecule has 1 amide bonds. The maximum Gasteiger partial charge on any atom is 0.238 e. The summed E-state index contributed by atoms with van der Waals surface area (Å²) in [6.45, 7) is 8.44. The van der Waals surface area contributed by atoms with Gasteiger partial charge in [0.25, 0.3) is 0 Å². The summed E-state index contributed by atoms with van der Waals surface area (Å²) < 4.78 is 0. The zero-order valence-electron chi connectivity index (χ0n) is 17.3. The maximum atomic E-state index is 12.7. The molecule has 1 aromatic rings. The van der Waals surface area contributed by atoms with Gasteiger partial charge in [-0.25, -0.2) is 0 Å². The molecule has 2 heterocycles. The van der Waals surface area contributed by atoms with E-state index in [0.717, 1.165) is 44.6 Å². The first-order chi connectivity index (χ1) is 13.5. The van der Waals surface area contributed by atoms with Crippen molar-refractivity contribution in [2.24, 2.45) is 5.92 Å². The van der Waals surface area contributed by atoms with Gasteiger partial charge in [-0.3, -0.25) is 4.79 Å². The van der Waals surface area contributed by atoms with Crippen molar-refractivity contribution in [1.82, 2.24) is 15.5 Å².